The SMILES string of the molecule is COc1cc(F)ccc1O[C@@H]1CN(Cc2ccc(-n3cccn3)cc2)CC[C@H]1O. The van der Waals surface area contributed by atoms with E-state index in [-0.39, 0.29) is 0 Å². The lowest BCUT2D eigenvalue weighted by molar-refractivity contribution is -0.0276. The number of benzene rings is 2. The van der Waals surface area contributed by atoms with Crippen LogP contribution in [0.3, 0.4) is 0 Å². The van der Waals surface area contributed by atoms with Crippen LogP contribution in [0.2, 0.25) is 0 Å². The van der Waals surface area contributed by atoms with Crippen LogP contribution in [0.1, 0.15) is 12.0 Å². The Hall–Kier alpha value is -2.90. The van der Waals surface area contributed by atoms with E-state index in [4.69, 9.17) is 9.47 Å². The fraction of sp³-hybridized carbons (Fsp3) is 0.318. The molecule has 2 aromatic carbocycles. The normalized spacial score (nSPS) is 19.8. The molecule has 3 aromatic rings. The number of aliphatic hydroxyl groups is 1. The molecule has 0 radical (unpaired) electrons. The largest absolute Gasteiger partial charge is 0.493 e. The minimum absolute atomic E-state index is 0.323. The number of nitrogens with zero attached hydrogens (tertiary/aromatic N) is 3. The molecule has 4 rings (SSSR count). The highest BCUT2D eigenvalue weighted by atomic mass is 19.1. The average molecular weight is 397 g/mol. The van der Waals surface area contributed by atoms with Crippen LogP contribution in [-0.2, 0) is 6.54 Å². The van der Waals surface area contributed by atoms with Crippen molar-refractivity contribution in [1.82, 2.24) is 14.7 Å². The minimum Gasteiger partial charge on any atom is -0.493 e. The number of methoxy groups -OCH3 is 1. The third-order valence-electron chi connectivity index (χ3n) is 5.12. The Bertz CT molecular complexity index is 931. The third-order valence-corrected chi connectivity index (χ3v) is 5.12. The molecule has 0 bridgehead atoms. The van der Waals surface area contributed by atoms with Crippen molar-refractivity contribution in [3.8, 4) is 17.2 Å². The van der Waals surface area contributed by atoms with E-state index >= 15 is 0 Å². The highest BCUT2D eigenvalue weighted by molar-refractivity contribution is 5.40. The van der Waals surface area contributed by atoms with Crippen LogP contribution in [0.5, 0.6) is 11.5 Å². The van der Waals surface area contributed by atoms with E-state index in [0.717, 1.165) is 18.8 Å². The van der Waals surface area contributed by atoms with Crippen LogP contribution in [-0.4, -0.2) is 52.2 Å². The number of ether oxygens (including phenoxy) is 2. The molecule has 2 atom stereocenters. The molecule has 0 spiro atoms. The molecule has 6 nitrogen and oxygen atoms in total. The molecule has 2 heterocycles. The van der Waals surface area contributed by atoms with Gasteiger partial charge in [-0.05, 0) is 42.3 Å². The van der Waals surface area contributed by atoms with Gasteiger partial charge in [0, 0.05) is 38.1 Å². The number of hydrogen-bond acceptors (Lipinski definition) is 5. The number of likely N-dealkylation sites (tertiary alicyclic amines) is 1. The summed E-state index contributed by atoms with van der Waals surface area (Å²) in [6, 6.07) is 14.3. The zero-order chi connectivity index (χ0) is 20.2. The van der Waals surface area contributed by atoms with E-state index in [1.54, 1.807) is 6.20 Å². The molecule has 1 saturated heterocycles. The summed E-state index contributed by atoms with van der Waals surface area (Å²) < 4.78 is 26.4. The van der Waals surface area contributed by atoms with Gasteiger partial charge >= 0.3 is 0 Å². The van der Waals surface area contributed by atoms with Gasteiger partial charge in [0.15, 0.2) is 11.5 Å². The average Bonchev–Trinajstić information content (AvgIpc) is 3.27. The second-order valence-electron chi connectivity index (χ2n) is 7.16. The van der Waals surface area contributed by atoms with Crippen LogP contribution in [0.15, 0.2) is 60.9 Å². The van der Waals surface area contributed by atoms with Crippen LogP contribution < -0.4 is 9.47 Å². The van der Waals surface area contributed by atoms with Crippen LogP contribution in [0.4, 0.5) is 4.39 Å². The molecular weight excluding hydrogens is 373 g/mol. The maximum atomic E-state index is 13.4. The van der Waals surface area contributed by atoms with Crippen molar-refractivity contribution in [3.63, 3.8) is 0 Å². The molecule has 0 saturated carbocycles. The zero-order valence-corrected chi connectivity index (χ0v) is 16.2. The van der Waals surface area contributed by atoms with E-state index < -0.39 is 18.0 Å². The molecule has 1 aliphatic rings. The van der Waals surface area contributed by atoms with Crippen LogP contribution in [0, 0.1) is 5.82 Å². The number of aliphatic hydroxyl groups excluding tert-OH is 1. The summed E-state index contributed by atoms with van der Waals surface area (Å²) in [6.45, 7) is 2.11. The number of halogens is 1. The molecule has 1 aromatic heterocycles. The number of rotatable bonds is 6. The first-order valence-electron chi connectivity index (χ1n) is 9.62. The van der Waals surface area contributed by atoms with Gasteiger partial charge in [-0.3, -0.25) is 4.90 Å². The van der Waals surface area contributed by atoms with Gasteiger partial charge in [0.2, 0.25) is 0 Å². The van der Waals surface area contributed by atoms with Gasteiger partial charge in [-0.2, -0.15) is 5.10 Å². The topological polar surface area (TPSA) is 59.8 Å². The molecule has 1 fully saturated rings. The van der Waals surface area contributed by atoms with E-state index in [2.05, 4.69) is 22.1 Å². The Balaban J connectivity index is 1.41. The van der Waals surface area contributed by atoms with E-state index in [1.165, 1.54) is 30.9 Å². The highest BCUT2D eigenvalue weighted by Crippen LogP contribution is 2.30. The smallest absolute Gasteiger partial charge is 0.163 e. The standard InChI is InChI=1S/C22H24FN3O3/c1-28-21-13-17(23)5-8-20(21)29-22-15-25(12-9-19(22)27)14-16-3-6-18(7-4-16)26-11-2-10-24-26/h2-8,10-11,13,19,22,27H,9,12,14-15H2,1H3/t19-,22-/m1/s1. The fourth-order valence-electron chi connectivity index (χ4n) is 3.56. The Kier molecular flexibility index (Phi) is 5.78. The maximum Gasteiger partial charge on any atom is 0.163 e. The second kappa shape index (κ2) is 8.63. The van der Waals surface area contributed by atoms with Crippen molar-refractivity contribution in [2.75, 3.05) is 20.2 Å². The monoisotopic (exact) mass is 397 g/mol. The molecule has 152 valence electrons. The minimum atomic E-state index is -0.580. The van der Waals surface area contributed by atoms with Gasteiger partial charge in [0.05, 0.1) is 18.9 Å². The Morgan fingerprint density at radius 3 is 2.72 bits per heavy atom. The Labute approximate surface area is 169 Å². The molecule has 0 unspecified atom stereocenters. The van der Waals surface area contributed by atoms with Gasteiger partial charge < -0.3 is 14.6 Å². The van der Waals surface area contributed by atoms with Crippen molar-refractivity contribution in [1.29, 1.82) is 0 Å². The van der Waals surface area contributed by atoms with Crippen molar-refractivity contribution >= 4 is 0 Å². The second-order valence-corrected chi connectivity index (χ2v) is 7.16. The van der Waals surface area contributed by atoms with Gasteiger partial charge in [0.25, 0.3) is 0 Å². The number of aromatic nitrogens is 2. The molecule has 1 N–H and O–H groups in total. The van der Waals surface area contributed by atoms with Gasteiger partial charge in [-0.15, -0.1) is 0 Å². The van der Waals surface area contributed by atoms with Gasteiger partial charge in [-0.1, -0.05) is 12.1 Å². The Morgan fingerprint density at radius 2 is 2.00 bits per heavy atom. The quantitative estimate of drug-likeness (QED) is 0.693. The van der Waals surface area contributed by atoms with Crippen molar-refractivity contribution in [3.05, 3.63) is 72.3 Å². The predicted octanol–water partition coefficient (Wildman–Crippen LogP) is 3.03. The first-order chi connectivity index (χ1) is 14.1. The maximum absolute atomic E-state index is 13.4. The van der Waals surface area contributed by atoms with Crippen molar-refractivity contribution in [2.45, 2.75) is 25.2 Å². The molecule has 29 heavy (non-hydrogen) atoms. The lowest BCUT2D eigenvalue weighted by Gasteiger charge is -2.36. The number of hydrogen-bond donors (Lipinski definition) is 1. The summed E-state index contributed by atoms with van der Waals surface area (Å²) >= 11 is 0. The third kappa shape index (κ3) is 4.58. The lowest BCUT2D eigenvalue weighted by atomic mass is 10.0. The molecule has 0 aliphatic carbocycles. The Morgan fingerprint density at radius 1 is 1.17 bits per heavy atom. The van der Waals surface area contributed by atoms with Gasteiger partial charge in [-0.25, -0.2) is 9.07 Å². The van der Waals surface area contributed by atoms with E-state index in [1.807, 2.05) is 29.1 Å². The fourth-order valence-corrected chi connectivity index (χ4v) is 3.56. The predicted molar refractivity (Wildman–Crippen MR) is 107 cm³/mol. The summed E-state index contributed by atoms with van der Waals surface area (Å²) in [4.78, 5) is 2.25. The zero-order valence-electron chi connectivity index (χ0n) is 16.2. The lowest BCUT2D eigenvalue weighted by Crippen LogP contribution is -2.49. The first kappa shape index (κ1) is 19.4. The molecule has 1 aliphatic heterocycles. The first-order valence-corrected chi connectivity index (χ1v) is 9.62. The van der Waals surface area contributed by atoms with Crippen molar-refractivity contribution < 1.29 is 19.0 Å². The summed E-state index contributed by atoms with van der Waals surface area (Å²) in [5.41, 5.74) is 2.19. The van der Waals surface area contributed by atoms with E-state index in [9.17, 15) is 9.50 Å². The van der Waals surface area contributed by atoms with Crippen LogP contribution in [0.25, 0.3) is 5.69 Å². The summed E-state index contributed by atoms with van der Waals surface area (Å²) in [5, 5.41) is 14.6. The van der Waals surface area contributed by atoms with E-state index in [0.29, 0.717) is 24.5 Å². The van der Waals surface area contributed by atoms with Crippen LogP contribution >= 0.6 is 0 Å². The number of piperidine rings is 1. The summed E-state index contributed by atoms with van der Waals surface area (Å²) in [7, 11) is 1.47. The molecule has 7 heteroatoms. The van der Waals surface area contributed by atoms with Gasteiger partial charge in [0.1, 0.15) is 11.9 Å². The van der Waals surface area contributed by atoms with Crippen molar-refractivity contribution in [2.24, 2.45) is 0 Å². The summed E-state index contributed by atoms with van der Waals surface area (Å²) in [5.74, 6) is 0.366. The summed E-state index contributed by atoms with van der Waals surface area (Å²) in [6.07, 6.45) is 3.28. The molecular formula is C22H24FN3O3. The molecule has 0 amide bonds. The highest BCUT2D eigenvalue weighted by Gasteiger charge is 2.30.